The van der Waals surface area contributed by atoms with E-state index in [1.54, 1.807) is 18.2 Å². The molecule has 76 valence electrons. The smallest absolute Gasteiger partial charge is 0.418 e. The van der Waals surface area contributed by atoms with Gasteiger partial charge in [-0.2, -0.15) is 5.06 Å². The molecule has 1 unspecified atom stereocenters. The summed E-state index contributed by atoms with van der Waals surface area (Å²) in [6.07, 6.45) is -2.27. The number of carbonyl (C=O) groups excluding carboxylic acids is 1. The molecule has 1 aromatic carbocycles. The molecular formula is C9H11NO4. The Morgan fingerprint density at radius 2 is 2.00 bits per heavy atom. The zero-order valence-electron chi connectivity index (χ0n) is 7.62. The summed E-state index contributed by atoms with van der Waals surface area (Å²) in [6.45, 7) is 1.27. The first-order valence-electron chi connectivity index (χ1n) is 4.04. The molecule has 2 N–H and O–H groups in total. The van der Waals surface area contributed by atoms with Crippen LogP contribution >= 0.6 is 0 Å². The lowest BCUT2D eigenvalue weighted by Gasteiger charge is -2.15. The van der Waals surface area contributed by atoms with Gasteiger partial charge in [-0.15, -0.1) is 0 Å². The number of ether oxygens (including phenoxy) is 1. The van der Waals surface area contributed by atoms with Gasteiger partial charge in [0.15, 0.2) is 6.29 Å². The van der Waals surface area contributed by atoms with Crippen LogP contribution < -0.4 is 5.06 Å². The highest BCUT2D eigenvalue weighted by molar-refractivity contribution is 5.84. The van der Waals surface area contributed by atoms with E-state index in [4.69, 9.17) is 5.11 Å². The Bertz CT molecular complexity index is 299. The highest BCUT2D eigenvalue weighted by atomic mass is 16.7. The molecule has 1 rings (SSSR count). The predicted molar refractivity (Wildman–Crippen MR) is 48.9 cm³/mol. The number of hydrogen-bond acceptors (Lipinski definition) is 4. The summed E-state index contributed by atoms with van der Waals surface area (Å²) in [5.74, 6) is 0. The summed E-state index contributed by atoms with van der Waals surface area (Å²) in [6, 6.07) is 8.13. The lowest BCUT2D eigenvalue weighted by molar-refractivity contribution is -0.0415. The minimum Gasteiger partial charge on any atom is -0.418 e. The van der Waals surface area contributed by atoms with E-state index in [0.717, 1.165) is 0 Å². The highest BCUT2D eigenvalue weighted by Crippen LogP contribution is 2.11. The van der Waals surface area contributed by atoms with E-state index >= 15 is 0 Å². The summed E-state index contributed by atoms with van der Waals surface area (Å²) >= 11 is 0. The van der Waals surface area contributed by atoms with E-state index in [-0.39, 0.29) is 5.69 Å². The first kappa shape index (κ1) is 10.5. The number of benzene rings is 1. The van der Waals surface area contributed by atoms with Gasteiger partial charge >= 0.3 is 6.09 Å². The van der Waals surface area contributed by atoms with Gasteiger partial charge in [0.25, 0.3) is 0 Å². The van der Waals surface area contributed by atoms with Crippen molar-refractivity contribution in [3.63, 3.8) is 0 Å². The molecule has 0 saturated carbocycles. The number of rotatable bonds is 2. The Kier molecular flexibility index (Phi) is 3.44. The van der Waals surface area contributed by atoms with Gasteiger partial charge in [-0.1, -0.05) is 18.2 Å². The Balaban J connectivity index is 2.66. The van der Waals surface area contributed by atoms with E-state index in [0.29, 0.717) is 5.06 Å². The third kappa shape index (κ3) is 2.72. The standard InChI is InChI=1S/C9H11NO4/c1-7(11)14-9(12)10(13)8-5-3-2-4-6-8/h2-7,11,13H,1H3. The molecule has 1 aromatic rings. The molecule has 1 atom stereocenters. The van der Waals surface area contributed by atoms with Crippen LogP contribution in [-0.4, -0.2) is 22.7 Å². The molecule has 0 fully saturated rings. The number of nitrogens with zero attached hydrogens (tertiary/aromatic N) is 1. The molecule has 5 heteroatoms. The third-order valence-corrected chi connectivity index (χ3v) is 1.45. The van der Waals surface area contributed by atoms with Crippen LogP contribution in [0.2, 0.25) is 0 Å². The SMILES string of the molecule is CC(O)OC(=O)N(O)c1ccccc1. The van der Waals surface area contributed by atoms with Gasteiger partial charge in [0.2, 0.25) is 0 Å². The Hall–Kier alpha value is -1.59. The fraction of sp³-hybridized carbons (Fsp3) is 0.222. The lowest BCUT2D eigenvalue weighted by Crippen LogP contribution is -2.30. The van der Waals surface area contributed by atoms with Crippen molar-refractivity contribution in [2.24, 2.45) is 0 Å². The third-order valence-electron chi connectivity index (χ3n) is 1.45. The predicted octanol–water partition coefficient (Wildman–Crippen LogP) is 1.36. The van der Waals surface area contributed by atoms with Crippen molar-refractivity contribution in [2.45, 2.75) is 13.2 Å². The van der Waals surface area contributed by atoms with Crippen molar-refractivity contribution in [3.05, 3.63) is 30.3 Å². The van der Waals surface area contributed by atoms with Crippen molar-refractivity contribution in [2.75, 3.05) is 5.06 Å². The minimum absolute atomic E-state index is 0.276. The summed E-state index contributed by atoms with van der Waals surface area (Å²) in [5.41, 5.74) is 0.276. The van der Waals surface area contributed by atoms with Crippen molar-refractivity contribution in [1.29, 1.82) is 0 Å². The molecule has 0 radical (unpaired) electrons. The van der Waals surface area contributed by atoms with Crippen molar-refractivity contribution < 1.29 is 19.8 Å². The second-order valence-corrected chi connectivity index (χ2v) is 2.63. The largest absolute Gasteiger partial charge is 0.440 e. The summed E-state index contributed by atoms with van der Waals surface area (Å²) in [4.78, 5) is 11.0. The van der Waals surface area contributed by atoms with Gasteiger partial charge in [0.05, 0.1) is 5.69 Å². The number of aliphatic hydroxyl groups excluding tert-OH is 1. The van der Waals surface area contributed by atoms with E-state index in [1.165, 1.54) is 19.1 Å². The Morgan fingerprint density at radius 3 is 2.50 bits per heavy atom. The average molecular weight is 197 g/mol. The lowest BCUT2D eigenvalue weighted by atomic mass is 10.3. The molecule has 0 aromatic heterocycles. The Labute approximate surface area is 81.1 Å². The number of aliphatic hydroxyl groups is 1. The molecule has 0 spiro atoms. The van der Waals surface area contributed by atoms with E-state index in [2.05, 4.69) is 4.74 Å². The number of amides is 1. The van der Waals surface area contributed by atoms with Crippen LogP contribution in [0.1, 0.15) is 6.92 Å². The molecule has 0 aliphatic carbocycles. The van der Waals surface area contributed by atoms with Crippen molar-refractivity contribution >= 4 is 11.8 Å². The van der Waals surface area contributed by atoms with Crippen LogP contribution in [0.5, 0.6) is 0 Å². The van der Waals surface area contributed by atoms with Crippen LogP contribution in [0.25, 0.3) is 0 Å². The first-order valence-corrected chi connectivity index (χ1v) is 4.04. The van der Waals surface area contributed by atoms with E-state index < -0.39 is 12.4 Å². The van der Waals surface area contributed by atoms with Crippen molar-refractivity contribution in [3.8, 4) is 0 Å². The van der Waals surface area contributed by atoms with Gasteiger partial charge < -0.3 is 9.84 Å². The Morgan fingerprint density at radius 1 is 1.43 bits per heavy atom. The fourth-order valence-electron chi connectivity index (χ4n) is 0.870. The quantitative estimate of drug-likeness (QED) is 0.426. The van der Waals surface area contributed by atoms with Gasteiger partial charge in [0.1, 0.15) is 0 Å². The minimum atomic E-state index is -1.25. The normalized spacial score (nSPS) is 11.9. The first-order chi connectivity index (χ1) is 6.61. The van der Waals surface area contributed by atoms with Crippen LogP contribution in [0.4, 0.5) is 10.5 Å². The molecule has 1 amide bonds. The number of carbonyl (C=O) groups is 1. The van der Waals surface area contributed by atoms with Crippen molar-refractivity contribution in [1.82, 2.24) is 0 Å². The summed E-state index contributed by atoms with van der Waals surface area (Å²) in [7, 11) is 0. The van der Waals surface area contributed by atoms with E-state index in [1.807, 2.05) is 0 Å². The highest BCUT2D eigenvalue weighted by Gasteiger charge is 2.15. The molecule has 5 nitrogen and oxygen atoms in total. The molecule has 0 aliphatic rings. The maximum atomic E-state index is 11.0. The number of anilines is 1. The molecule has 0 saturated heterocycles. The van der Waals surface area contributed by atoms with Crippen LogP contribution in [0.3, 0.4) is 0 Å². The topological polar surface area (TPSA) is 70.0 Å². The number of hydroxylamine groups is 1. The van der Waals surface area contributed by atoms with Gasteiger partial charge in [-0.05, 0) is 19.1 Å². The maximum absolute atomic E-state index is 11.0. The van der Waals surface area contributed by atoms with Gasteiger partial charge in [-0.25, -0.2) is 4.79 Å². The van der Waals surface area contributed by atoms with E-state index in [9.17, 15) is 10.0 Å². The fourth-order valence-corrected chi connectivity index (χ4v) is 0.870. The average Bonchev–Trinajstić information content (AvgIpc) is 2.17. The van der Waals surface area contributed by atoms with Gasteiger partial charge in [-0.3, -0.25) is 5.21 Å². The van der Waals surface area contributed by atoms with Crippen LogP contribution in [-0.2, 0) is 4.74 Å². The monoisotopic (exact) mass is 197 g/mol. The molecule has 0 aliphatic heterocycles. The molecule has 14 heavy (non-hydrogen) atoms. The summed E-state index contributed by atoms with van der Waals surface area (Å²) < 4.78 is 4.36. The molecular weight excluding hydrogens is 186 g/mol. The molecule has 0 bridgehead atoms. The second kappa shape index (κ2) is 4.59. The van der Waals surface area contributed by atoms with Gasteiger partial charge in [0, 0.05) is 0 Å². The second-order valence-electron chi connectivity index (χ2n) is 2.63. The van der Waals surface area contributed by atoms with Crippen LogP contribution in [0, 0.1) is 0 Å². The van der Waals surface area contributed by atoms with Crippen LogP contribution in [0.15, 0.2) is 30.3 Å². The molecule has 0 heterocycles. The zero-order chi connectivity index (χ0) is 10.6. The maximum Gasteiger partial charge on any atom is 0.440 e. The summed E-state index contributed by atoms with van der Waals surface area (Å²) in [5, 5.41) is 18.3. The number of hydrogen-bond donors (Lipinski definition) is 2. The zero-order valence-corrected chi connectivity index (χ0v) is 7.62. The number of para-hydroxylation sites is 1.